The second-order valence-electron chi connectivity index (χ2n) is 3.86. The smallest absolute Gasteiger partial charge is 0.134 e. The third-order valence-corrected chi connectivity index (χ3v) is 2.51. The van der Waals surface area contributed by atoms with Crippen LogP contribution in [0.3, 0.4) is 0 Å². The molecular formula is C12H14O2. The molecule has 74 valence electrons. The first-order valence-corrected chi connectivity index (χ1v) is 4.92. The van der Waals surface area contributed by atoms with Crippen LogP contribution in [0.5, 0.6) is 0 Å². The summed E-state index contributed by atoms with van der Waals surface area (Å²) in [6.07, 6.45) is 0.543. The van der Waals surface area contributed by atoms with Crippen LogP contribution in [0.2, 0.25) is 0 Å². The fraction of sp³-hybridized carbons (Fsp3) is 0.417. The van der Waals surface area contributed by atoms with E-state index < -0.39 is 0 Å². The van der Waals surface area contributed by atoms with Gasteiger partial charge in [-0.05, 0) is 18.1 Å². The van der Waals surface area contributed by atoms with Crippen molar-refractivity contribution in [3.8, 4) is 0 Å². The zero-order valence-corrected chi connectivity index (χ0v) is 8.32. The van der Waals surface area contributed by atoms with Crippen LogP contribution in [0.1, 0.15) is 24.0 Å². The van der Waals surface area contributed by atoms with Gasteiger partial charge in [-0.25, -0.2) is 0 Å². The lowest BCUT2D eigenvalue weighted by Gasteiger charge is -2.26. The third-order valence-electron chi connectivity index (χ3n) is 2.51. The fourth-order valence-electron chi connectivity index (χ4n) is 1.67. The molecule has 0 atom stereocenters. The van der Waals surface area contributed by atoms with Crippen LogP contribution in [0.4, 0.5) is 0 Å². The van der Waals surface area contributed by atoms with Crippen molar-refractivity contribution in [1.29, 1.82) is 0 Å². The number of rotatable bonds is 3. The van der Waals surface area contributed by atoms with E-state index in [0.29, 0.717) is 12.3 Å². The second-order valence-corrected chi connectivity index (χ2v) is 3.86. The van der Waals surface area contributed by atoms with Gasteiger partial charge in [0.1, 0.15) is 5.78 Å². The van der Waals surface area contributed by atoms with E-state index in [1.54, 1.807) is 6.92 Å². The van der Waals surface area contributed by atoms with E-state index in [1.807, 2.05) is 12.1 Å². The summed E-state index contributed by atoms with van der Waals surface area (Å²) in [5, 5.41) is 0. The molecule has 0 amide bonds. The largest absolute Gasteiger partial charge is 0.380 e. The lowest BCUT2D eigenvalue weighted by molar-refractivity contribution is -0.116. The summed E-state index contributed by atoms with van der Waals surface area (Å²) in [5.41, 5.74) is 2.41. The number of carbonyl (C=O) groups excluding carboxylic acids is 1. The van der Waals surface area contributed by atoms with Crippen molar-refractivity contribution in [2.75, 3.05) is 13.2 Å². The summed E-state index contributed by atoms with van der Waals surface area (Å²) >= 11 is 0. The van der Waals surface area contributed by atoms with Gasteiger partial charge in [-0.3, -0.25) is 4.79 Å². The molecule has 1 aromatic rings. The third kappa shape index (κ3) is 2.02. The minimum atomic E-state index is 0.215. The van der Waals surface area contributed by atoms with E-state index in [0.717, 1.165) is 18.8 Å². The van der Waals surface area contributed by atoms with E-state index in [4.69, 9.17) is 4.74 Å². The van der Waals surface area contributed by atoms with Crippen molar-refractivity contribution in [1.82, 2.24) is 0 Å². The van der Waals surface area contributed by atoms with Crippen LogP contribution >= 0.6 is 0 Å². The lowest BCUT2D eigenvalue weighted by atomic mass is 9.95. The van der Waals surface area contributed by atoms with Gasteiger partial charge in [0.15, 0.2) is 0 Å². The molecule has 1 aliphatic rings. The summed E-state index contributed by atoms with van der Waals surface area (Å²) in [5.74, 6) is 0.758. The van der Waals surface area contributed by atoms with E-state index in [2.05, 4.69) is 12.1 Å². The Morgan fingerprint density at radius 3 is 2.86 bits per heavy atom. The Labute approximate surface area is 83.9 Å². The molecule has 14 heavy (non-hydrogen) atoms. The lowest BCUT2D eigenvalue weighted by Crippen LogP contribution is -2.25. The van der Waals surface area contributed by atoms with Gasteiger partial charge in [-0.15, -0.1) is 0 Å². The maximum atomic E-state index is 11.0. The number of Topliss-reactive ketones (excluding diaryl/α,β-unsaturated/α-hetero) is 1. The highest BCUT2D eigenvalue weighted by atomic mass is 16.5. The Balaban J connectivity index is 2.13. The molecule has 0 unspecified atom stereocenters. The van der Waals surface area contributed by atoms with Crippen LogP contribution in [0.25, 0.3) is 0 Å². The van der Waals surface area contributed by atoms with Crippen molar-refractivity contribution in [2.24, 2.45) is 0 Å². The monoisotopic (exact) mass is 190 g/mol. The summed E-state index contributed by atoms with van der Waals surface area (Å²) < 4.78 is 5.14. The molecule has 2 rings (SSSR count). The average molecular weight is 190 g/mol. The van der Waals surface area contributed by atoms with Crippen LogP contribution in [0.15, 0.2) is 24.3 Å². The number of benzene rings is 1. The molecule has 2 heteroatoms. The Kier molecular flexibility index (Phi) is 2.64. The van der Waals surface area contributed by atoms with Crippen LogP contribution in [0, 0.1) is 0 Å². The van der Waals surface area contributed by atoms with Gasteiger partial charge in [0.25, 0.3) is 0 Å². The van der Waals surface area contributed by atoms with Crippen LogP contribution in [-0.2, 0) is 16.0 Å². The quantitative estimate of drug-likeness (QED) is 0.728. The molecule has 1 heterocycles. The zero-order chi connectivity index (χ0) is 9.97. The second kappa shape index (κ2) is 3.93. The first-order valence-electron chi connectivity index (χ1n) is 4.92. The maximum Gasteiger partial charge on any atom is 0.134 e. The molecule has 0 aromatic heterocycles. The van der Waals surface area contributed by atoms with Crippen molar-refractivity contribution >= 4 is 5.78 Å². The average Bonchev–Trinajstić information content (AvgIpc) is 1.99. The zero-order valence-electron chi connectivity index (χ0n) is 8.32. The highest BCUT2D eigenvalue weighted by molar-refractivity contribution is 5.78. The van der Waals surface area contributed by atoms with E-state index in [-0.39, 0.29) is 5.78 Å². The molecule has 1 fully saturated rings. The molecule has 0 bridgehead atoms. The van der Waals surface area contributed by atoms with Gasteiger partial charge in [0.2, 0.25) is 0 Å². The maximum absolute atomic E-state index is 11.0. The molecule has 0 aliphatic carbocycles. The Hall–Kier alpha value is -1.15. The topological polar surface area (TPSA) is 26.3 Å². The normalized spacial score (nSPS) is 16.4. The van der Waals surface area contributed by atoms with Gasteiger partial charge in [-0.1, -0.05) is 24.3 Å². The Morgan fingerprint density at radius 2 is 2.29 bits per heavy atom. The predicted octanol–water partition coefficient (Wildman–Crippen LogP) is 1.93. The Morgan fingerprint density at radius 1 is 1.50 bits per heavy atom. The summed E-state index contributed by atoms with van der Waals surface area (Å²) in [7, 11) is 0. The molecular weight excluding hydrogens is 176 g/mol. The van der Waals surface area contributed by atoms with Crippen molar-refractivity contribution in [2.45, 2.75) is 19.3 Å². The fourth-order valence-corrected chi connectivity index (χ4v) is 1.67. The van der Waals surface area contributed by atoms with Gasteiger partial charge in [-0.2, -0.15) is 0 Å². The number of hydrogen-bond acceptors (Lipinski definition) is 2. The number of carbonyl (C=O) groups is 1. The molecule has 0 N–H and O–H groups in total. The van der Waals surface area contributed by atoms with E-state index >= 15 is 0 Å². The van der Waals surface area contributed by atoms with Gasteiger partial charge >= 0.3 is 0 Å². The number of ether oxygens (including phenoxy) is 1. The van der Waals surface area contributed by atoms with Gasteiger partial charge in [0.05, 0.1) is 13.2 Å². The first-order chi connectivity index (χ1) is 6.75. The Bertz CT molecular complexity index is 340. The van der Waals surface area contributed by atoms with Gasteiger partial charge in [0, 0.05) is 12.3 Å². The standard InChI is InChI=1S/C12H14O2/c1-9(13)5-10-3-2-4-11(6-10)12-7-14-8-12/h2-4,6,12H,5,7-8H2,1H3. The highest BCUT2D eigenvalue weighted by Crippen LogP contribution is 2.24. The minimum absolute atomic E-state index is 0.215. The van der Waals surface area contributed by atoms with Crippen molar-refractivity contribution < 1.29 is 9.53 Å². The summed E-state index contributed by atoms with van der Waals surface area (Å²) in [6, 6.07) is 8.25. The molecule has 0 spiro atoms. The molecule has 1 saturated heterocycles. The molecule has 0 radical (unpaired) electrons. The summed E-state index contributed by atoms with van der Waals surface area (Å²) in [4.78, 5) is 11.0. The van der Waals surface area contributed by atoms with E-state index in [9.17, 15) is 4.79 Å². The van der Waals surface area contributed by atoms with Crippen LogP contribution in [-0.4, -0.2) is 19.0 Å². The predicted molar refractivity (Wildman–Crippen MR) is 54.4 cm³/mol. The molecule has 2 nitrogen and oxygen atoms in total. The number of ketones is 1. The summed E-state index contributed by atoms with van der Waals surface area (Å²) in [6.45, 7) is 3.27. The van der Waals surface area contributed by atoms with E-state index in [1.165, 1.54) is 5.56 Å². The SMILES string of the molecule is CC(=O)Cc1cccc(C2COC2)c1. The minimum Gasteiger partial charge on any atom is -0.380 e. The highest BCUT2D eigenvalue weighted by Gasteiger charge is 2.20. The molecule has 0 saturated carbocycles. The molecule has 1 aliphatic heterocycles. The first kappa shape index (κ1) is 9.41. The number of hydrogen-bond donors (Lipinski definition) is 0. The van der Waals surface area contributed by atoms with Crippen molar-refractivity contribution in [3.63, 3.8) is 0 Å². The van der Waals surface area contributed by atoms with Crippen LogP contribution < -0.4 is 0 Å². The van der Waals surface area contributed by atoms with Gasteiger partial charge < -0.3 is 4.74 Å². The van der Waals surface area contributed by atoms with Crippen molar-refractivity contribution in [3.05, 3.63) is 35.4 Å². The molecule has 1 aromatic carbocycles.